The Morgan fingerprint density at radius 3 is 2.20 bits per heavy atom. The van der Waals surface area contributed by atoms with Crippen molar-refractivity contribution in [3.8, 4) is 17.2 Å². The first-order chi connectivity index (χ1) is 19.9. The molecule has 2 amide bonds. The number of nitrogens with one attached hydrogen (secondary N) is 1. The third-order valence-corrected chi connectivity index (χ3v) is 6.32. The van der Waals surface area contributed by atoms with Gasteiger partial charge in [0.05, 0.1) is 21.3 Å². The monoisotopic (exact) mass is 552 g/mol. The fourth-order valence-electron chi connectivity index (χ4n) is 4.23. The maximum atomic E-state index is 13.5. The standard InChI is InChI=1S/C32H32N4O5/c1-39-27-19-23(20-28(40-2)31(27)41-3)9-14-30(37)36(18-16-22-7-5-4-6-8-22)26-12-10-24(11-13-26)32(38)35-25-15-17-34-29(33)21-25/h4-15,17,19-21H,16,18H2,1-3H3,(H3,33,34,35,38)/b14-9+. The van der Waals surface area contributed by atoms with Crippen LogP contribution in [0.2, 0.25) is 0 Å². The number of hydrogen-bond acceptors (Lipinski definition) is 7. The summed E-state index contributed by atoms with van der Waals surface area (Å²) in [7, 11) is 4.61. The molecule has 3 aromatic carbocycles. The minimum atomic E-state index is -0.299. The molecule has 0 radical (unpaired) electrons. The van der Waals surface area contributed by atoms with Gasteiger partial charge in [-0.1, -0.05) is 30.3 Å². The van der Waals surface area contributed by atoms with Crippen molar-refractivity contribution in [3.63, 3.8) is 0 Å². The molecule has 210 valence electrons. The van der Waals surface area contributed by atoms with Crippen LogP contribution < -0.4 is 30.2 Å². The topological polar surface area (TPSA) is 116 Å². The summed E-state index contributed by atoms with van der Waals surface area (Å²) in [5.41, 5.74) is 9.16. The van der Waals surface area contributed by atoms with E-state index in [1.807, 2.05) is 30.3 Å². The summed E-state index contributed by atoms with van der Waals surface area (Å²) in [5.74, 6) is 1.24. The van der Waals surface area contributed by atoms with E-state index in [2.05, 4.69) is 10.3 Å². The van der Waals surface area contributed by atoms with Crippen molar-refractivity contribution in [2.45, 2.75) is 6.42 Å². The highest BCUT2D eigenvalue weighted by atomic mass is 16.5. The lowest BCUT2D eigenvalue weighted by atomic mass is 10.1. The number of rotatable bonds is 11. The van der Waals surface area contributed by atoms with Gasteiger partial charge in [0.2, 0.25) is 5.75 Å². The number of ether oxygens (including phenoxy) is 3. The van der Waals surface area contributed by atoms with E-state index < -0.39 is 0 Å². The van der Waals surface area contributed by atoms with Gasteiger partial charge < -0.3 is 30.2 Å². The molecule has 1 aromatic heterocycles. The minimum absolute atomic E-state index is 0.223. The number of benzene rings is 3. The Morgan fingerprint density at radius 2 is 1.59 bits per heavy atom. The van der Waals surface area contributed by atoms with Crippen LogP contribution in [0.5, 0.6) is 17.2 Å². The van der Waals surface area contributed by atoms with E-state index in [4.69, 9.17) is 19.9 Å². The molecule has 4 aromatic rings. The van der Waals surface area contributed by atoms with E-state index in [1.165, 1.54) is 33.6 Å². The zero-order valence-corrected chi connectivity index (χ0v) is 23.2. The lowest BCUT2D eigenvalue weighted by molar-refractivity contribution is -0.114. The van der Waals surface area contributed by atoms with Crippen LogP contribution in [0, 0.1) is 0 Å². The normalized spacial score (nSPS) is 10.7. The molecule has 3 N–H and O–H groups in total. The Kier molecular flexibility index (Phi) is 9.56. The molecule has 0 bridgehead atoms. The predicted octanol–water partition coefficient (Wildman–Crippen LogP) is 5.23. The van der Waals surface area contributed by atoms with Gasteiger partial charge in [0, 0.05) is 41.8 Å². The van der Waals surface area contributed by atoms with Crippen molar-refractivity contribution in [3.05, 3.63) is 108 Å². The molecule has 9 heteroatoms. The number of nitrogens with two attached hydrogens (primary N) is 1. The fraction of sp³-hybridized carbons (Fsp3) is 0.156. The van der Waals surface area contributed by atoms with Crippen LogP contribution in [-0.4, -0.2) is 44.7 Å². The van der Waals surface area contributed by atoms with E-state index in [-0.39, 0.29) is 11.8 Å². The molecule has 1 heterocycles. The van der Waals surface area contributed by atoms with Crippen LogP contribution >= 0.6 is 0 Å². The molecule has 41 heavy (non-hydrogen) atoms. The van der Waals surface area contributed by atoms with E-state index >= 15 is 0 Å². The summed E-state index contributed by atoms with van der Waals surface area (Å²) >= 11 is 0. The zero-order chi connectivity index (χ0) is 29.2. The number of carbonyl (C=O) groups is 2. The van der Waals surface area contributed by atoms with Crippen LogP contribution in [0.3, 0.4) is 0 Å². The second-order valence-corrected chi connectivity index (χ2v) is 8.99. The molecule has 0 saturated carbocycles. The van der Waals surface area contributed by atoms with Crippen LogP contribution in [-0.2, 0) is 11.2 Å². The average Bonchev–Trinajstić information content (AvgIpc) is 3.00. The first-order valence-electron chi connectivity index (χ1n) is 12.9. The zero-order valence-electron chi connectivity index (χ0n) is 23.2. The maximum Gasteiger partial charge on any atom is 0.255 e. The van der Waals surface area contributed by atoms with Crippen LogP contribution in [0.15, 0.2) is 91.1 Å². The smallest absolute Gasteiger partial charge is 0.255 e. The number of anilines is 3. The van der Waals surface area contributed by atoms with Gasteiger partial charge in [-0.05, 0) is 66.1 Å². The van der Waals surface area contributed by atoms with Crippen molar-refractivity contribution in [2.75, 3.05) is 43.8 Å². The van der Waals surface area contributed by atoms with Crippen LogP contribution in [0.1, 0.15) is 21.5 Å². The molecule has 0 spiro atoms. The second kappa shape index (κ2) is 13.7. The van der Waals surface area contributed by atoms with Crippen molar-refractivity contribution >= 4 is 35.1 Å². The third kappa shape index (κ3) is 7.42. The molecule has 4 rings (SSSR count). The van der Waals surface area contributed by atoms with Gasteiger partial charge in [-0.2, -0.15) is 0 Å². The van der Waals surface area contributed by atoms with Gasteiger partial charge >= 0.3 is 0 Å². The third-order valence-electron chi connectivity index (χ3n) is 6.32. The highest BCUT2D eigenvalue weighted by Gasteiger charge is 2.16. The molecular weight excluding hydrogens is 520 g/mol. The Bertz CT molecular complexity index is 1500. The van der Waals surface area contributed by atoms with E-state index in [9.17, 15) is 9.59 Å². The number of amides is 2. The predicted molar refractivity (Wildman–Crippen MR) is 161 cm³/mol. The Balaban J connectivity index is 1.57. The van der Waals surface area contributed by atoms with Crippen LogP contribution in [0.4, 0.5) is 17.2 Å². The Morgan fingerprint density at radius 1 is 0.902 bits per heavy atom. The van der Waals surface area contributed by atoms with Gasteiger partial charge in [-0.25, -0.2) is 4.98 Å². The first kappa shape index (κ1) is 28.7. The quantitative estimate of drug-likeness (QED) is 0.245. The summed E-state index contributed by atoms with van der Waals surface area (Å²) in [6, 6.07) is 23.6. The minimum Gasteiger partial charge on any atom is -0.493 e. The van der Waals surface area contributed by atoms with Crippen LogP contribution in [0.25, 0.3) is 6.08 Å². The molecular formula is C32H32N4O5. The van der Waals surface area contributed by atoms with Crippen molar-refractivity contribution in [1.82, 2.24) is 4.98 Å². The summed E-state index contributed by atoms with van der Waals surface area (Å²) in [5, 5.41) is 2.80. The Hall–Kier alpha value is -5.31. The fourth-order valence-corrected chi connectivity index (χ4v) is 4.23. The van der Waals surface area contributed by atoms with Gasteiger partial charge in [0.25, 0.3) is 11.8 Å². The summed E-state index contributed by atoms with van der Waals surface area (Å²) < 4.78 is 16.2. The number of nitrogen functional groups attached to an aromatic ring is 1. The molecule has 0 aliphatic carbocycles. The lowest BCUT2D eigenvalue weighted by Gasteiger charge is -2.22. The highest BCUT2D eigenvalue weighted by Crippen LogP contribution is 2.38. The summed E-state index contributed by atoms with van der Waals surface area (Å²) in [6.07, 6.45) is 5.37. The summed E-state index contributed by atoms with van der Waals surface area (Å²) in [4.78, 5) is 31.9. The SMILES string of the molecule is COc1cc(/C=C/C(=O)N(CCc2ccccc2)c2ccc(C(=O)Nc3ccnc(N)c3)cc2)cc(OC)c1OC. The largest absolute Gasteiger partial charge is 0.493 e. The van der Waals surface area contributed by atoms with Gasteiger partial charge in [-0.15, -0.1) is 0 Å². The number of hydrogen-bond donors (Lipinski definition) is 2. The number of methoxy groups -OCH3 is 3. The number of carbonyl (C=O) groups excluding carboxylic acids is 2. The molecule has 0 saturated heterocycles. The molecule has 0 fully saturated rings. The van der Waals surface area contributed by atoms with E-state index in [0.717, 1.165) is 5.56 Å². The molecule has 0 unspecified atom stereocenters. The Labute approximate surface area is 239 Å². The van der Waals surface area contributed by atoms with Crippen molar-refractivity contribution < 1.29 is 23.8 Å². The summed E-state index contributed by atoms with van der Waals surface area (Å²) in [6.45, 7) is 0.435. The van der Waals surface area contributed by atoms with Gasteiger partial charge in [0.1, 0.15) is 5.82 Å². The second-order valence-electron chi connectivity index (χ2n) is 8.99. The maximum absolute atomic E-state index is 13.5. The average molecular weight is 553 g/mol. The van der Waals surface area contributed by atoms with Crippen molar-refractivity contribution in [2.24, 2.45) is 0 Å². The first-order valence-corrected chi connectivity index (χ1v) is 12.9. The molecule has 9 nitrogen and oxygen atoms in total. The molecule has 0 aliphatic heterocycles. The molecule has 0 aliphatic rings. The number of aromatic nitrogens is 1. The highest BCUT2D eigenvalue weighted by molar-refractivity contribution is 6.06. The van der Waals surface area contributed by atoms with Gasteiger partial charge in [-0.3, -0.25) is 9.59 Å². The number of nitrogens with zero attached hydrogens (tertiary/aromatic N) is 2. The number of pyridine rings is 1. The lowest BCUT2D eigenvalue weighted by Crippen LogP contribution is -2.31. The van der Waals surface area contributed by atoms with E-state index in [1.54, 1.807) is 59.5 Å². The van der Waals surface area contributed by atoms with Crippen molar-refractivity contribution in [1.29, 1.82) is 0 Å². The van der Waals surface area contributed by atoms with Gasteiger partial charge in [0.15, 0.2) is 11.5 Å². The molecule has 0 atom stereocenters. The van der Waals surface area contributed by atoms with E-state index in [0.29, 0.717) is 58.5 Å².